The maximum atomic E-state index is 11.6. The van der Waals surface area contributed by atoms with Crippen LogP contribution < -0.4 is 11.2 Å². The first-order chi connectivity index (χ1) is 8.77. The quantitative estimate of drug-likeness (QED) is 0.835. The molecule has 4 heteroatoms. The molecule has 92 valence electrons. The molecule has 1 aliphatic rings. The highest BCUT2D eigenvalue weighted by atomic mass is 16.1. The summed E-state index contributed by atoms with van der Waals surface area (Å²) in [6, 6.07) is 9.79. The Labute approximate surface area is 106 Å². The molecule has 0 aromatic heterocycles. The fourth-order valence-corrected chi connectivity index (χ4v) is 1.81. The first-order valence-electron chi connectivity index (χ1n) is 5.76. The molecule has 0 saturated carbocycles. The summed E-state index contributed by atoms with van der Waals surface area (Å²) in [7, 11) is 0. The van der Waals surface area contributed by atoms with Crippen LogP contribution in [0.2, 0.25) is 0 Å². The lowest BCUT2D eigenvalue weighted by Gasteiger charge is -2.16. The number of nitrogens with zero attached hydrogens (tertiary/aromatic N) is 1. The van der Waals surface area contributed by atoms with Gasteiger partial charge in [-0.2, -0.15) is 5.10 Å². The molecule has 2 rings (SSSR count). The lowest BCUT2D eigenvalue weighted by molar-refractivity contribution is -0.120. The minimum absolute atomic E-state index is 0.358. The van der Waals surface area contributed by atoms with Gasteiger partial charge in [0.05, 0.1) is 5.92 Å². The Kier molecular flexibility index (Phi) is 3.91. The van der Waals surface area contributed by atoms with Crippen molar-refractivity contribution in [3.63, 3.8) is 0 Å². The van der Waals surface area contributed by atoms with Crippen molar-refractivity contribution in [3.05, 3.63) is 59.8 Å². The monoisotopic (exact) mass is 241 g/mol. The smallest absolute Gasteiger partial charge is 0.226 e. The van der Waals surface area contributed by atoms with E-state index in [-0.39, 0.29) is 5.91 Å². The number of hydrogen-bond donors (Lipinski definition) is 2. The van der Waals surface area contributed by atoms with Crippen LogP contribution in [0.4, 0.5) is 0 Å². The number of carbonyl (C=O) groups excluding carboxylic acids is 1. The molecule has 0 fully saturated rings. The zero-order valence-electron chi connectivity index (χ0n) is 9.91. The molecule has 3 N–H and O–H groups in total. The summed E-state index contributed by atoms with van der Waals surface area (Å²) in [6.45, 7) is 0. The maximum absolute atomic E-state index is 11.6. The van der Waals surface area contributed by atoms with Gasteiger partial charge in [-0.3, -0.25) is 10.2 Å². The number of hydrazone groups is 1. The fraction of sp³-hybridized carbons (Fsp3) is 0.143. The Hall–Kier alpha value is -2.36. The van der Waals surface area contributed by atoms with Crippen molar-refractivity contribution in [2.24, 2.45) is 16.8 Å². The first-order valence-corrected chi connectivity index (χ1v) is 5.76. The zero-order chi connectivity index (χ0) is 12.8. The molecule has 0 spiro atoms. The second kappa shape index (κ2) is 5.82. The summed E-state index contributed by atoms with van der Waals surface area (Å²) in [5.41, 5.74) is 10.1. The number of primary amides is 1. The highest BCUT2D eigenvalue weighted by Crippen LogP contribution is 2.16. The normalized spacial score (nSPS) is 15.4. The van der Waals surface area contributed by atoms with Gasteiger partial charge in [-0.1, -0.05) is 36.4 Å². The number of amides is 1. The number of rotatable bonds is 4. The molecule has 4 nitrogen and oxygen atoms in total. The van der Waals surface area contributed by atoms with Crippen LogP contribution in [0, 0.1) is 5.92 Å². The van der Waals surface area contributed by atoms with Crippen LogP contribution in [0.15, 0.2) is 59.4 Å². The number of allylic oxidation sites excluding steroid dienone is 3. The minimum atomic E-state index is -0.396. The van der Waals surface area contributed by atoms with Crippen LogP contribution in [-0.2, 0) is 11.2 Å². The number of nitrogens with one attached hydrogen (secondary N) is 1. The molecule has 1 unspecified atom stereocenters. The molecule has 0 saturated heterocycles. The van der Waals surface area contributed by atoms with E-state index in [1.807, 2.05) is 42.5 Å². The lowest BCUT2D eigenvalue weighted by Crippen LogP contribution is -2.31. The molecule has 0 radical (unpaired) electrons. The van der Waals surface area contributed by atoms with Gasteiger partial charge in [0.15, 0.2) is 0 Å². The predicted octanol–water partition coefficient (Wildman–Crippen LogP) is 1.36. The van der Waals surface area contributed by atoms with Crippen molar-refractivity contribution in [3.8, 4) is 0 Å². The molecule has 0 aliphatic carbocycles. The van der Waals surface area contributed by atoms with Gasteiger partial charge in [0, 0.05) is 11.9 Å². The van der Waals surface area contributed by atoms with Crippen molar-refractivity contribution in [2.45, 2.75) is 6.42 Å². The van der Waals surface area contributed by atoms with E-state index in [0.717, 1.165) is 11.3 Å². The van der Waals surface area contributed by atoms with Gasteiger partial charge in [-0.25, -0.2) is 0 Å². The molecule has 1 aromatic carbocycles. The molecule has 1 atom stereocenters. The Bertz CT molecular complexity index is 503. The Morgan fingerprint density at radius 2 is 2.06 bits per heavy atom. The van der Waals surface area contributed by atoms with Crippen LogP contribution in [0.3, 0.4) is 0 Å². The van der Waals surface area contributed by atoms with Gasteiger partial charge in [-0.05, 0) is 24.1 Å². The molecule has 1 amide bonds. The molecule has 18 heavy (non-hydrogen) atoms. The summed E-state index contributed by atoms with van der Waals surface area (Å²) in [5.74, 6) is -0.754. The van der Waals surface area contributed by atoms with Gasteiger partial charge in [0.2, 0.25) is 5.91 Å². The van der Waals surface area contributed by atoms with Gasteiger partial charge in [0.1, 0.15) is 0 Å². The van der Waals surface area contributed by atoms with E-state index < -0.39 is 5.92 Å². The summed E-state index contributed by atoms with van der Waals surface area (Å²) in [5, 5.41) is 3.96. The van der Waals surface area contributed by atoms with Crippen molar-refractivity contribution in [1.29, 1.82) is 0 Å². The van der Waals surface area contributed by atoms with Gasteiger partial charge in [-0.15, -0.1) is 0 Å². The summed E-state index contributed by atoms with van der Waals surface area (Å²) in [6.07, 6.45) is 7.65. The summed E-state index contributed by atoms with van der Waals surface area (Å²) < 4.78 is 0. The molecule has 1 heterocycles. The third-order valence-electron chi connectivity index (χ3n) is 2.74. The first kappa shape index (κ1) is 12.1. The van der Waals surface area contributed by atoms with Crippen LogP contribution in [0.25, 0.3) is 0 Å². The van der Waals surface area contributed by atoms with Crippen LogP contribution >= 0.6 is 0 Å². The topological polar surface area (TPSA) is 67.5 Å². The minimum Gasteiger partial charge on any atom is -0.369 e. The van der Waals surface area contributed by atoms with Gasteiger partial charge in [0.25, 0.3) is 0 Å². The summed E-state index contributed by atoms with van der Waals surface area (Å²) in [4.78, 5) is 11.6. The SMILES string of the molecule is NC(=O)C(Cc1ccccc1)C1=CC=CC=NN1. The Balaban J connectivity index is 2.19. The lowest BCUT2D eigenvalue weighted by atomic mass is 9.95. The summed E-state index contributed by atoms with van der Waals surface area (Å²) >= 11 is 0. The molecular formula is C14H15N3O. The van der Waals surface area contributed by atoms with Gasteiger partial charge >= 0.3 is 0 Å². The van der Waals surface area contributed by atoms with E-state index in [1.54, 1.807) is 12.3 Å². The predicted molar refractivity (Wildman–Crippen MR) is 71.7 cm³/mol. The second-order valence-corrected chi connectivity index (χ2v) is 4.04. The van der Waals surface area contributed by atoms with Gasteiger partial charge < -0.3 is 5.73 Å². The molecule has 1 aromatic rings. The Morgan fingerprint density at radius 1 is 1.28 bits per heavy atom. The average molecular weight is 241 g/mol. The number of benzene rings is 1. The van der Waals surface area contributed by atoms with E-state index in [2.05, 4.69) is 10.5 Å². The fourth-order valence-electron chi connectivity index (χ4n) is 1.81. The number of carbonyl (C=O) groups is 1. The van der Waals surface area contributed by atoms with Crippen LogP contribution in [-0.4, -0.2) is 12.1 Å². The highest BCUT2D eigenvalue weighted by Gasteiger charge is 2.20. The standard InChI is InChI=1S/C14H15N3O/c15-14(18)12(10-11-6-2-1-3-7-11)13-8-4-5-9-16-17-13/h1-9,12,17H,10H2,(H2,15,18). The van der Waals surface area contributed by atoms with Crippen molar-refractivity contribution in [1.82, 2.24) is 5.43 Å². The third kappa shape index (κ3) is 3.07. The third-order valence-corrected chi connectivity index (χ3v) is 2.74. The molecule has 1 aliphatic heterocycles. The van der Waals surface area contributed by atoms with Crippen LogP contribution in [0.1, 0.15) is 5.56 Å². The second-order valence-electron chi connectivity index (χ2n) is 4.04. The van der Waals surface area contributed by atoms with E-state index in [1.165, 1.54) is 0 Å². The zero-order valence-corrected chi connectivity index (χ0v) is 9.91. The van der Waals surface area contributed by atoms with E-state index in [0.29, 0.717) is 6.42 Å². The number of hydrogen-bond acceptors (Lipinski definition) is 3. The van der Waals surface area contributed by atoms with E-state index in [4.69, 9.17) is 5.73 Å². The highest BCUT2D eigenvalue weighted by molar-refractivity contribution is 5.80. The van der Waals surface area contributed by atoms with Crippen molar-refractivity contribution in [2.75, 3.05) is 0 Å². The molecular weight excluding hydrogens is 226 g/mol. The molecule has 0 bridgehead atoms. The van der Waals surface area contributed by atoms with Crippen molar-refractivity contribution < 1.29 is 4.79 Å². The number of nitrogens with two attached hydrogens (primary N) is 1. The van der Waals surface area contributed by atoms with E-state index in [9.17, 15) is 4.79 Å². The van der Waals surface area contributed by atoms with Crippen molar-refractivity contribution >= 4 is 12.1 Å². The maximum Gasteiger partial charge on any atom is 0.226 e. The average Bonchev–Trinajstić information content (AvgIpc) is 2.65. The van der Waals surface area contributed by atoms with E-state index >= 15 is 0 Å². The van der Waals surface area contributed by atoms with Crippen LogP contribution in [0.5, 0.6) is 0 Å². The Morgan fingerprint density at radius 3 is 2.78 bits per heavy atom. The largest absolute Gasteiger partial charge is 0.369 e.